The Bertz CT molecular complexity index is 880. The largest absolute Gasteiger partial charge is 0.464 e. The molecular formula is C20H18N2O3. The van der Waals surface area contributed by atoms with E-state index in [1.54, 1.807) is 36.4 Å². The summed E-state index contributed by atoms with van der Waals surface area (Å²) in [6, 6.07) is 12.8. The summed E-state index contributed by atoms with van der Waals surface area (Å²) >= 11 is 0. The number of hydrogen-bond donors (Lipinski definition) is 2. The molecule has 0 atom stereocenters. The van der Waals surface area contributed by atoms with Crippen molar-refractivity contribution < 1.29 is 14.3 Å². The molecular weight excluding hydrogens is 316 g/mol. The zero-order chi connectivity index (χ0) is 17.8. The van der Waals surface area contributed by atoms with Crippen molar-refractivity contribution in [3.63, 3.8) is 0 Å². The normalized spacial score (nSPS) is 12.3. The smallest absolute Gasteiger partial charge is 0.255 e. The molecule has 5 nitrogen and oxygen atoms in total. The Hall–Kier alpha value is -3.34. The maximum absolute atomic E-state index is 12.5. The fourth-order valence-corrected chi connectivity index (χ4v) is 2.44. The molecule has 0 saturated carbocycles. The molecule has 0 aromatic heterocycles. The highest BCUT2D eigenvalue weighted by molar-refractivity contribution is 6.09. The van der Waals surface area contributed by atoms with Crippen molar-refractivity contribution in [1.82, 2.24) is 0 Å². The number of rotatable bonds is 3. The molecule has 0 bridgehead atoms. The van der Waals surface area contributed by atoms with Gasteiger partial charge in [-0.1, -0.05) is 12.1 Å². The zero-order valence-corrected chi connectivity index (χ0v) is 14.0. The Morgan fingerprint density at radius 2 is 1.64 bits per heavy atom. The van der Waals surface area contributed by atoms with Crippen LogP contribution in [-0.2, 0) is 9.59 Å². The van der Waals surface area contributed by atoms with Gasteiger partial charge in [-0.3, -0.25) is 9.59 Å². The number of amides is 2. The van der Waals surface area contributed by atoms with E-state index in [2.05, 4.69) is 10.6 Å². The summed E-state index contributed by atoms with van der Waals surface area (Å²) in [5.74, 6) is 0.346. The van der Waals surface area contributed by atoms with E-state index >= 15 is 0 Å². The van der Waals surface area contributed by atoms with Crippen LogP contribution in [0.2, 0.25) is 0 Å². The molecule has 1 aliphatic heterocycles. The lowest BCUT2D eigenvalue weighted by Gasteiger charge is -2.07. The van der Waals surface area contributed by atoms with Gasteiger partial charge < -0.3 is 15.4 Å². The molecule has 0 radical (unpaired) electrons. The summed E-state index contributed by atoms with van der Waals surface area (Å²) in [4.78, 5) is 23.5. The third-order valence-electron chi connectivity index (χ3n) is 3.65. The van der Waals surface area contributed by atoms with Crippen LogP contribution in [0.25, 0.3) is 6.08 Å². The van der Waals surface area contributed by atoms with E-state index in [0.29, 0.717) is 16.9 Å². The first-order valence-electron chi connectivity index (χ1n) is 7.86. The van der Waals surface area contributed by atoms with Gasteiger partial charge in [-0.15, -0.1) is 0 Å². The van der Waals surface area contributed by atoms with Crippen LogP contribution in [0.1, 0.15) is 18.1 Å². The first-order valence-corrected chi connectivity index (χ1v) is 7.86. The number of carbonyl (C=O) groups is 2. The number of carbonyl (C=O) groups excluding carboxylic acids is 2. The number of aryl methyl sites for hydroxylation is 1. The third-order valence-corrected chi connectivity index (χ3v) is 3.65. The lowest BCUT2D eigenvalue weighted by Crippen LogP contribution is -2.13. The van der Waals surface area contributed by atoms with Crippen molar-refractivity contribution in [2.75, 3.05) is 10.6 Å². The highest BCUT2D eigenvalue weighted by atomic mass is 16.5. The topological polar surface area (TPSA) is 67.4 Å². The molecule has 5 heteroatoms. The van der Waals surface area contributed by atoms with Gasteiger partial charge in [-0.25, -0.2) is 0 Å². The molecule has 126 valence electrons. The van der Waals surface area contributed by atoms with E-state index in [9.17, 15) is 9.59 Å². The lowest BCUT2D eigenvalue weighted by molar-refractivity contribution is -0.114. The summed E-state index contributed by atoms with van der Waals surface area (Å²) in [7, 11) is 0. The van der Waals surface area contributed by atoms with Crippen LogP contribution in [0.3, 0.4) is 0 Å². The van der Waals surface area contributed by atoms with E-state index in [4.69, 9.17) is 4.74 Å². The second kappa shape index (κ2) is 7.05. The van der Waals surface area contributed by atoms with Gasteiger partial charge in [0.25, 0.3) is 5.91 Å². The highest BCUT2D eigenvalue weighted by Crippen LogP contribution is 2.26. The Balaban J connectivity index is 1.76. The average molecular weight is 334 g/mol. The molecule has 2 aromatic carbocycles. The Labute approximate surface area is 146 Å². The third kappa shape index (κ3) is 4.14. The summed E-state index contributed by atoms with van der Waals surface area (Å²) in [5.41, 5.74) is 3.75. The van der Waals surface area contributed by atoms with Crippen molar-refractivity contribution >= 4 is 29.3 Å². The van der Waals surface area contributed by atoms with Gasteiger partial charge in [0.2, 0.25) is 5.91 Å². The molecule has 2 amide bonds. The van der Waals surface area contributed by atoms with Gasteiger partial charge in [0.05, 0.1) is 6.26 Å². The monoisotopic (exact) mass is 334 g/mol. The zero-order valence-electron chi connectivity index (χ0n) is 14.0. The average Bonchev–Trinajstić information content (AvgIpc) is 2.78. The van der Waals surface area contributed by atoms with Gasteiger partial charge in [0.15, 0.2) is 0 Å². The number of fused-ring (bicyclic) bond motifs is 1. The van der Waals surface area contributed by atoms with Gasteiger partial charge >= 0.3 is 0 Å². The molecule has 2 N–H and O–H groups in total. The van der Waals surface area contributed by atoms with Crippen molar-refractivity contribution in [2.24, 2.45) is 0 Å². The van der Waals surface area contributed by atoms with Crippen LogP contribution in [0.4, 0.5) is 11.4 Å². The number of benzene rings is 2. The van der Waals surface area contributed by atoms with Crippen LogP contribution in [-0.4, -0.2) is 11.8 Å². The number of ether oxygens (including phenoxy) is 1. The minimum absolute atomic E-state index is 0.139. The molecule has 3 rings (SSSR count). The summed E-state index contributed by atoms with van der Waals surface area (Å²) in [6.07, 6.45) is 4.94. The van der Waals surface area contributed by atoms with Gasteiger partial charge in [0, 0.05) is 29.4 Å². The highest BCUT2D eigenvalue weighted by Gasteiger charge is 2.12. The standard InChI is InChI=1S/C20H18N2O3/c1-13-3-4-15-12-16(9-10-25-19(15)11-13)20(24)22-18-7-5-17(6-8-18)21-14(2)23/h3-12H,1-2H3,(H,21,23)(H,22,24). The van der Waals surface area contributed by atoms with Crippen molar-refractivity contribution in [1.29, 1.82) is 0 Å². The number of hydrogen-bond acceptors (Lipinski definition) is 3. The Kier molecular flexibility index (Phi) is 4.66. The fourth-order valence-electron chi connectivity index (χ4n) is 2.44. The van der Waals surface area contributed by atoms with Crippen LogP contribution < -0.4 is 15.4 Å². The van der Waals surface area contributed by atoms with Crippen molar-refractivity contribution in [3.8, 4) is 5.75 Å². The quantitative estimate of drug-likeness (QED) is 0.895. The van der Waals surface area contributed by atoms with Gasteiger partial charge in [-0.2, -0.15) is 0 Å². The van der Waals surface area contributed by atoms with E-state index < -0.39 is 0 Å². The first-order chi connectivity index (χ1) is 12.0. The second-order valence-corrected chi connectivity index (χ2v) is 5.77. The predicted molar refractivity (Wildman–Crippen MR) is 98.3 cm³/mol. The molecule has 0 unspecified atom stereocenters. The van der Waals surface area contributed by atoms with Crippen LogP contribution >= 0.6 is 0 Å². The molecule has 1 heterocycles. The molecule has 0 spiro atoms. The number of nitrogens with one attached hydrogen (secondary N) is 2. The minimum Gasteiger partial charge on any atom is -0.464 e. The van der Waals surface area contributed by atoms with E-state index in [1.807, 2.05) is 25.1 Å². The molecule has 0 aliphatic carbocycles. The molecule has 25 heavy (non-hydrogen) atoms. The minimum atomic E-state index is -0.236. The van der Waals surface area contributed by atoms with E-state index in [-0.39, 0.29) is 11.8 Å². The van der Waals surface area contributed by atoms with Crippen molar-refractivity contribution in [3.05, 3.63) is 71.5 Å². The van der Waals surface area contributed by atoms with E-state index in [0.717, 1.165) is 16.9 Å². The fraction of sp³-hybridized carbons (Fsp3) is 0.100. The maximum atomic E-state index is 12.5. The second-order valence-electron chi connectivity index (χ2n) is 5.77. The molecule has 2 aromatic rings. The van der Waals surface area contributed by atoms with Crippen molar-refractivity contribution in [2.45, 2.75) is 13.8 Å². The van der Waals surface area contributed by atoms with Gasteiger partial charge in [-0.05, 0) is 55.0 Å². The predicted octanol–water partition coefficient (Wildman–Crippen LogP) is 3.88. The summed E-state index contributed by atoms with van der Waals surface area (Å²) in [5, 5.41) is 5.52. The molecule has 1 aliphatic rings. The SMILES string of the molecule is CC(=O)Nc1ccc(NC(=O)C2=Cc3ccc(C)cc3OC=C2)cc1. The molecule has 0 saturated heterocycles. The Morgan fingerprint density at radius 1 is 0.960 bits per heavy atom. The summed E-state index contributed by atoms with van der Waals surface area (Å²) in [6.45, 7) is 3.43. The molecule has 0 fully saturated rings. The Morgan fingerprint density at radius 3 is 2.32 bits per heavy atom. The summed E-state index contributed by atoms with van der Waals surface area (Å²) < 4.78 is 5.56. The van der Waals surface area contributed by atoms with Crippen LogP contribution in [0.15, 0.2) is 60.4 Å². The maximum Gasteiger partial charge on any atom is 0.255 e. The van der Waals surface area contributed by atoms with Crippen LogP contribution in [0.5, 0.6) is 5.75 Å². The first kappa shape index (κ1) is 16.5. The van der Waals surface area contributed by atoms with E-state index in [1.165, 1.54) is 13.2 Å². The van der Waals surface area contributed by atoms with Crippen LogP contribution in [0, 0.1) is 6.92 Å². The van der Waals surface area contributed by atoms with Gasteiger partial charge in [0.1, 0.15) is 5.75 Å². The lowest BCUT2D eigenvalue weighted by atomic mass is 10.1. The number of anilines is 2.